The van der Waals surface area contributed by atoms with Crippen molar-refractivity contribution in [2.75, 3.05) is 25.0 Å². The van der Waals surface area contributed by atoms with Crippen LogP contribution in [0.5, 0.6) is 0 Å². The van der Waals surface area contributed by atoms with Crippen LogP contribution in [0.15, 0.2) is 24.3 Å². The van der Waals surface area contributed by atoms with Gasteiger partial charge in [0, 0.05) is 18.8 Å². The quantitative estimate of drug-likeness (QED) is 0.845. The molecule has 1 saturated heterocycles. The van der Waals surface area contributed by atoms with E-state index in [2.05, 4.69) is 5.32 Å². The second-order valence-corrected chi connectivity index (χ2v) is 4.98. The van der Waals surface area contributed by atoms with Gasteiger partial charge in [0.1, 0.15) is 6.04 Å². The Bertz CT molecular complexity index is 516. The number of benzene rings is 1. The maximum absolute atomic E-state index is 12.7. The molecule has 5 heteroatoms. The van der Waals surface area contributed by atoms with Crippen LogP contribution in [0.2, 0.25) is 0 Å². The van der Waals surface area contributed by atoms with E-state index in [0.717, 1.165) is 18.7 Å². The van der Waals surface area contributed by atoms with E-state index in [0.29, 0.717) is 25.1 Å². The number of nitrogens with zero attached hydrogens (tertiary/aromatic N) is 1. The normalized spacial score (nSPS) is 17.6. The van der Waals surface area contributed by atoms with Crippen molar-refractivity contribution >= 4 is 17.6 Å². The van der Waals surface area contributed by atoms with Crippen molar-refractivity contribution in [3.63, 3.8) is 0 Å². The van der Waals surface area contributed by atoms with Gasteiger partial charge in [0.15, 0.2) is 0 Å². The fraction of sp³-hybridized carbons (Fsp3) is 0.500. The number of likely N-dealkylation sites (tertiary alicyclic amines) is 1. The number of esters is 1. The Morgan fingerprint density at radius 3 is 2.81 bits per heavy atom. The molecule has 1 aromatic carbocycles. The molecule has 1 amide bonds. The Balaban J connectivity index is 2.21. The molecule has 0 saturated carbocycles. The van der Waals surface area contributed by atoms with Crippen LogP contribution in [-0.4, -0.2) is 42.5 Å². The molecule has 1 aliphatic rings. The Morgan fingerprint density at radius 2 is 2.10 bits per heavy atom. The first-order chi connectivity index (χ1) is 10.2. The number of ether oxygens (including phenoxy) is 1. The lowest BCUT2D eigenvalue weighted by Crippen LogP contribution is -2.41. The van der Waals surface area contributed by atoms with Crippen LogP contribution < -0.4 is 5.32 Å². The molecule has 1 aromatic rings. The first kappa shape index (κ1) is 15.4. The highest BCUT2D eigenvalue weighted by Crippen LogP contribution is 2.24. The minimum Gasteiger partial charge on any atom is -0.464 e. The molecule has 0 aromatic heterocycles. The molecular formula is C16H22N2O3. The van der Waals surface area contributed by atoms with Crippen LogP contribution in [-0.2, 0) is 9.53 Å². The van der Waals surface area contributed by atoms with Crippen LogP contribution in [0.25, 0.3) is 0 Å². The van der Waals surface area contributed by atoms with Crippen LogP contribution in [0, 0.1) is 0 Å². The summed E-state index contributed by atoms with van der Waals surface area (Å²) in [5.74, 6) is -0.411. The Kier molecular flexibility index (Phi) is 5.20. The van der Waals surface area contributed by atoms with Gasteiger partial charge in [-0.1, -0.05) is 12.1 Å². The number of nitrogens with one attached hydrogen (secondary N) is 1. The molecule has 0 radical (unpaired) electrons. The van der Waals surface area contributed by atoms with Gasteiger partial charge in [-0.3, -0.25) is 4.79 Å². The average molecular weight is 290 g/mol. The van der Waals surface area contributed by atoms with E-state index in [4.69, 9.17) is 4.74 Å². The fourth-order valence-corrected chi connectivity index (χ4v) is 2.66. The number of hydrogen-bond donors (Lipinski definition) is 1. The van der Waals surface area contributed by atoms with Crippen molar-refractivity contribution in [1.82, 2.24) is 4.90 Å². The first-order valence-corrected chi connectivity index (χ1v) is 7.49. The van der Waals surface area contributed by atoms with E-state index >= 15 is 0 Å². The van der Waals surface area contributed by atoms with Crippen molar-refractivity contribution in [3.8, 4) is 0 Å². The van der Waals surface area contributed by atoms with E-state index in [1.807, 2.05) is 25.1 Å². The van der Waals surface area contributed by atoms with Gasteiger partial charge in [0.25, 0.3) is 5.91 Å². The van der Waals surface area contributed by atoms with Crippen molar-refractivity contribution in [2.45, 2.75) is 32.7 Å². The molecule has 1 unspecified atom stereocenters. The molecule has 114 valence electrons. The lowest BCUT2D eigenvalue weighted by Gasteiger charge is -2.24. The fourth-order valence-electron chi connectivity index (χ4n) is 2.66. The van der Waals surface area contributed by atoms with Gasteiger partial charge in [-0.25, -0.2) is 4.79 Å². The molecule has 1 atom stereocenters. The maximum Gasteiger partial charge on any atom is 0.328 e. The van der Waals surface area contributed by atoms with E-state index in [1.54, 1.807) is 17.9 Å². The predicted molar refractivity (Wildman–Crippen MR) is 81.3 cm³/mol. The van der Waals surface area contributed by atoms with E-state index in [9.17, 15) is 9.59 Å². The smallest absolute Gasteiger partial charge is 0.328 e. The van der Waals surface area contributed by atoms with Gasteiger partial charge in [-0.15, -0.1) is 0 Å². The SMILES string of the molecule is CCNc1ccccc1C(=O)N1CCCC1C(=O)OCC. The number of para-hydroxylation sites is 1. The van der Waals surface area contributed by atoms with E-state index in [1.165, 1.54) is 0 Å². The summed E-state index contributed by atoms with van der Waals surface area (Å²) in [5, 5.41) is 3.19. The van der Waals surface area contributed by atoms with Crippen molar-refractivity contribution < 1.29 is 14.3 Å². The van der Waals surface area contributed by atoms with Gasteiger partial charge in [0.05, 0.1) is 12.2 Å². The highest BCUT2D eigenvalue weighted by Gasteiger charge is 2.36. The Morgan fingerprint density at radius 1 is 1.33 bits per heavy atom. The summed E-state index contributed by atoms with van der Waals surface area (Å²) in [4.78, 5) is 26.3. The summed E-state index contributed by atoms with van der Waals surface area (Å²) in [6.07, 6.45) is 1.51. The summed E-state index contributed by atoms with van der Waals surface area (Å²) in [7, 11) is 0. The van der Waals surface area contributed by atoms with Gasteiger partial charge in [-0.2, -0.15) is 0 Å². The molecular weight excluding hydrogens is 268 g/mol. The lowest BCUT2D eigenvalue weighted by atomic mass is 10.1. The maximum atomic E-state index is 12.7. The van der Waals surface area contributed by atoms with Crippen LogP contribution in [0.3, 0.4) is 0 Å². The zero-order valence-corrected chi connectivity index (χ0v) is 12.6. The third kappa shape index (κ3) is 3.35. The number of hydrogen-bond acceptors (Lipinski definition) is 4. The van der Waals surface area contributed by atoms with Gasteiger partial charge >= 0.3 is 5.97 Å². The summed E-state index contributed by atoms with van der Waals surface area (Å²) < 4.78 is 5.07. The molecule has 1 aliphatic heterocycles. The molecule has 0 aliphatic carbocycles. The van der Waals surface area contributed by atoms with Crippen molar-refractivity contribution in [2.24, 2.45) is 0 Å². The number of amides is 1. The van der Waals surface area contributed by atoms with Crippen LogP contribution >= 0.6 is 0 Å². The second-order valence-electron chi connectivity index (χ2n) is 4.98. The van der Waals surface area contributed by atoms with Gasteiger partial charge in [0.2, 0.25) is 0 Å². The average Bonchev–Trinajstić information content (AvgIpc) is 2.97. The zero-order valence-electron chi connectivity index (χ0n) is 12.6. The minimum atomic E-state index is -0.452. The molecule has 5 nitrogen and oxygen atoms in total. The highest BCUT2D eigenvalue weighted by molar-refractivity contribution is 6.01. The number of anilines is 1. The first-order valence-electron chi connectivity index (χ1n) is 7.49. The summed E-state index contributed by atoms with van der Waals surface area (Å²) in [5.41, 5.74) is 1.41. The minimum absolute atomic E-state index is 0.109. The zero-order chi connectivity index (χ0) is 15.2. The predicted octanol–water partition coefficient (Wildman–Crippen LogP) is 2.29. The van der Waals surface area contributed by atoms with Gasteiger partial charge < -0.3 is 15.0 Å². The standard InChI is InChI=1S/C16H22N2O3/c1-3-17-13-9-6-5-8-12(13)15(19)18-11-7-10-14(18)16(20)21-4-2/h5-6,8-9,14,17H,3-4,7,10-11H2,1-2H3. The van der Waals surface area contributed by atoms with Crippen LogP contribution in [0.1, 0.15) is 37.0 Å². The highest BCUT2D eigenvalue weighted by atomic mass is 16.5. The number of carbonyl (C=O) groups excluding carboxylic acids is 2. The largest absolute Gasteiger partial charge is 0.464 e. The summed E-state index contributed by atoms with van der Waals surface area (Å²) >= 11 is 0. The summed E-state index contributed by atoms with van der Waals surface area (Å²) in [6, 6.07) is 6.95. The molecule has 1 heterocycles. The van der Waals surface area contributed by atoms with Crippen LogP contribution in [0.4, 0.5) is 5.69 Å². The van der Waals surface area contributed by atoms with Crippen molar-refractivity contribution in [3.05, 3.63) is 29.8 Å². The van der Waals surface area contributed by atoms with Gasteiger partial charge in [-0.05, 0) is 38.8 Å². The Hall–Kier alpha value is -2.04. The molecule has 1 fully saturated rings. The topological polar surface area (TPSA) is 58.6 Å². The monoisotopic (exact) mass is 290 g/mol. The lowest BCUT2D eigenvalue weighted by molar-refractivity contribution is -0.147. The molecule has 0 bridgehead atoms. The van der Waals surface area contributed by atoms with Crippen molar-refractivity contribution in [1.29, 1.82) is 0 Å². The third-order valence-corrected chi connectivity index (χ3v) is 3.60. The molecule has 21 heavy (non-hydrogen) atoms. The summed E-state index contributed by atoms with van der Waals surface area (Å²) in [6.45, 7) is 5.44. The molecule has 2 rings (SSSR count). The van der Waals surface area contributed by atoms with E-state index in [-0.39, 0.29) is 11.9 Å². The number of rotatable bonds is 5. The molecule has 1 N–H and O–H groups in total. The number of carbonyl (C=O) groups is 2. The third-order valence-electron chi connectivity index (χ3n) is 3.60. The van der Waals surface area contributed by atoms with E-state index < -0.39 is 6.04 Å². The Labute approximate surface area is 125 Å². The molecule has 0 spiro atoms. The second kappa shape index (κ2) is 7.11.